The molecule has 152 valence electrons. The Bertz CT molecular complexity index is 1180. The minimum absolute atomic E-state index is 0.000146. The Balaban J connectivity index is 1.60. The third-order valence-corrected chi connectivity index (χ3v) is 4.80. The van der Waals surface area contributed by atoms with Crippen LogP contribution in [0.1, 0.15) is 6.92 Å². The van der Waals surface area contributed by atoms with Crippen LogP contribution in [-0.4, -0.2) is 31.6 Å². The zero-order valence-corrected chi connectivity index (χ0v) is 17.2. The number of hydrogen-bond donors (Lipinski definition) is 1. The second kappa shape index (κ2) is 8.79. The average molecular weight is 420 g/mol. The number of nitrogens with zero attached hydrogens (tertiary/aromatic N) is 4. The van der Waals surface area contributed by atoms with E-state index in [1.807, 2.05) is 78.6 Å². The minimum Gasteiger partial charge on any atom is -0.494 e. The first-order valence-electron chi connectivity index (χ1n) is 9.57. The molecular weight excluding hydrogens is 398 g/mol. The number of carbonyl (C=O) groups is 1. The number of nitrogens with one attached hydrogen (secondary N) is 1. The fourth-order valence-electron chi connectivity index (χ4n) is 3.07. The molecular formula is C22H21N5O2S. The summed E-state index contributed by atoms with van der Waals surface area (Å²) in [7, 11) is 0. The Morgan fingerprint density at radius 2 is 1.73 bits per heavy atom. The molecule has 8 heteroatoms. The highest BCUT2D eigenvalue weighted by Gasteiger charge is 2.16. The van der Waals surface area contributed by atoms with E-state index < -0.39 is 0 Å². The molecule has 0 fully saturated rings. The molecule has 0 bridgehead atoms. The van der Waals surface area contributed by atoms with Gasteiger partial charge in [-0.3, -0.25) is 9.47 Å². The molecule has 0 aliphatic heterocycles. The van der Waals surface area contributed by atoms with Gasteiger partial charge in [0.25, 0.3) is 0 Å². The van der Waals surface area contributed by atoms with Gasteiger partial charge >= 0.3 is 0 Å². The van der Waals surface area contributed by atoms with Crippen molar-refractivity contribution < 1.29 is 9.53 Å². The highest BCUT2D eigenvalue weighted by Crippen LogP contribution is 2.19. The maximum Gasteiger partial charge on any atom is 0.246 e. The van der Waals surface area contributed by atoms with Crippen molar-refractivity contribution in [2.75, 3.05) is 11.9 Å². The second-order valence-corrected chi connectivity index (χ2v) is 6.88. The van der Waals surface area contributed by atoms with E-state index in [1.54, 1.807) is 16.8 Å². The monoisotopic (exact) mass is 419 g/mol. The van der Waals surface area contributed by atoms with Crippen molar-refractivity contribution in [1.29, 1.82) is 0 Å². The van der Waals surface area contributed by atoms with Crippen molar-refractivity contribution in [2.45, 2.75) is 13.5 Å². The van der Waals surface area contributed by atoms with E-state index in [2.05, 4.69) is 10.4 Å². The molecule has 0 aliphatic rings. The highest BCUT2D eigenvalue weighted by molar-refractivity contribution is 7.71. The average Bonchev–Trinajstić information content (AvgIpc) is 3.39. The SMILES string of the molecule is CCOc1ccc(NC(=O)Cn2nc(-c3ccccc3)n(-n3cccc3)c2=S)cc1. The standard InChI is InChI=1S/C22H21N5O2S/c1-2-29-19-12-10-18(11-13-19)23-20(28)16-26-22(30)27(25-14-6-7-15-25)21(24-26)17-8-4-3-5-9-17/h3-15H,2,16H2,1H3,(H,23,28). The van der Waals surface area contributed by atoms with Crippen molar-refractivity contribution in [3.8, 4) is 17.1 Å². The van der Waals surface area contributed by atoms with Gasteiger partial charge in [-0.05, 0) is 55.5 Å². The zero-order valence-electron chi connectivity index (χ0n) is 16.4. The molecule has 2 aromatic carbocycles. The Hall–Kier alpha value is -3.65. The first-order valence-corrected chi connectivity index (χ1v) is 9.98. The molecule has 0 unspecified atom stereocenters. The number of benzene rings is 2. The van der Waals surface area contributed by atoms with E-state index in [0.29, 0.717) is 22.9 Å². The van der Waals surface area contributed by atoms with Gasteiger partial charge in [-0.15, -0.1) is 5.10 Å². The van der Waals surface area contributed by atoms with Crippen LogP contribution < -0.4 is 10.1 Å². The number of carbonyl (C=O) groups excluding carboxylic acids is 1. The lowest BCUT2D eigenvalue weighted by atomic mass is 10.2. The fraction of sp³-hybridized carbons (Fsp3) is 0.136. The summed E-state index contributed by atoms with van der Waals surface area (Å²) in [6.45, 7) is 2.52. The molecule has 0 atom stereocenters. The number of amides is 1. The molecule has 0 spiro atoms. The van der Waals surface area contributed by atoms with Gasteiger partial charge in [-0.25, -0.2) is 9.36 Å². The molecule has 7 nitrogen and oxygen atoms in total. The normalized spacial score (nSPS) is 10.7. The third-order valence-electron chi connectivity index (χ3n) is 4.41. The van der Waals surface area contributed by atoms with Crippen LogP contribution >= 0.6 is 12.2 Å². The van der Waals surface area contributed by atoms with Crippen molar-refractivity contribution in [3.63, 3.8) is 0 Å². The van der Waals surface area contributed by atoms with Gasteiger partial charge in [0.05, 0.1) is 6.61 Å². The molecule has 0 aliphatic carbocycles. The summed E-state index contributed by atoms with van der Waals surface area (Å²) in [5, 5.41) is 7.50. The topological polar surface area (TPSA) is 66.0 Å². The van der Waals surface area contributed by atoms with Gasteiger partial charge in [-0.1, -0.05) is 30.3 Å². The summed E-state index contributed by atoms with van der Waals surface area (Å²) in [6.07, 6.45) is 3.77. The molecule has 30 heavy (non-hydrogen) atoms. The van der Waals surface area contributed by atoms with E-state index >= 15 is 0 Å². The van der Waals surface area contributed by atoms with E-state index in [-0.39, 0.29) is 12.5 Å². The van der Waals surface area contributed by atoms with Gasteiger partial charge in [-0.2, -0.15) is 0 Å². The van der Waals surface area contributed by atoms with Crippen LogP contribution in [0.2, 0.25) is 0 Å². The largest absolute Gasteiger partial charge is 0.494 e. The lowest BCUT2D eigenvalue weighted by Crippen LogP contribution is -2.20. The second-order valence-electron chi connectivity index (χ2n) is 6.51. The van der Waals surface area contributed by atoms with E-state index in [0.717, 1.165) is 11.3 Å². The van der Waals surface area contributed by atoms with Crippen LogP contribution in [0.25, 0.3) is 11.4 Å². The van der Waals surface area contributed by atoms with Crippen LogP contribution in [0.4, 0.5) is 5.69 Å². The predicted octanol–water partition coefficient (Wildman–Crippen LogP) is 4.23. The van der Waals surface area contributed by atoms with Crippen molar-refractivity contribution in [2.24, 2.45) is 0 Å². The summed E-state index contributed by atoms with van der Waals surface area (Å²) in [5.74, 6) is 1.20. The van der Waals surface area contributed by atoms with Crippen molar-refractivity contribution in [3.05, 3.63) is 83.9 Å². The lowest BCUT2D eigenvalue weighted by Gasteiger charge is -2.08. The van der Waals surface area contributed by atoms with Crippen LogP contribution in [-0.2, 0) is 11.3 Å². The molecule has 1 N–H and O–H groups in total. The Morgan fingerprint density at radius 3 is 2.40 bits per heavy atom. The molecule has 4 aromatic rings. The number of hydrogen-bond acceptors (Lipinski definition) is 4. The van der Waals surface area contributed by atoms with Crippen LogP contribution in [0.3, 0.4) is 0 Å². The summed E-state index contributed by atoms with van der Waals surface area (Å²) < 4.78 is 11.0. The molecule has 2 heterocycles. The number of anilines is 1. The maximum absolute atomic E-state index is 12.6. The van der Waals surface area contributed by atoms with Gasteiger partial charge in [0.15, 0.2) is 5.82 Å². The molecule has 0 saturated heterocycles. The van der Waals surface area contributed by atoms with E-state index in [9.17, 15) is 4.79 Å². The lowest BCUT2D eigenvalue weighted by molar-refractivity contribution is -0.116. The fourth-order valence-corrected chi connectivity index (χ4v) is 3.36. The van der Waals surface area contributed by atoms with Crippen LogP contribution in [0.5, 0.6) is 5.75 Å². The molecule has 0 radical (unpaired) electrons. The summed E-state index contributed by atoms with van der Waals surface area (Å²) in [4.78, 5) is 12.6. The third kappa shape index (κ3) is 4.18. The Labute approximate surface area is 179 Å². The molecule has 4 rings (SSSR count). The number of rotatable bonds is 7. The summed E-state index contributed by atoms with van der Waals surface area (Å²) >= 11 is 5.64. The quantitative estimate of drug-likeness (QED) is 0.455. The van der Waals surface area contributed by atoms with Crippen LogP contribution in [0, 0.1) is 4.77 Å². The zero-order chi connectivity index (χ0) is 20.9. The smallest absolute Gasteiger partial charge is 0.246 e. The van der Waals surface area contributed by atoms with Crippen molar-refractivity contribution in [1.82, 2.24) is 19.1 Å². The first-order chi connectivity index (χ1) is 14.7. The Kier molecular flexibility index (Phi) is 5.76. The van der Waals surface area contributed by atoms with Crippen LogP contribution in [0.15, 0.2) is 79.1 Å². The Morgan fingerprint density at radius 1 is 1.03 bits per heavy atom. The molecule has 1 amide bonds. The van der Waals surface area contributed by atoms with E-state index in [1.165, 1.54) is 4.68 Å². The predicted molar refractivity (Wildman–Crippen MR) is 118 cm³/mol. The number of aromatic nitrogens is 4. The summed E-state index contributed by atoms with van der Waals surface area (Å²) in [5.41, 5.74) is 1.59. The van der Waals surface area contributed by atoms with Gasteiger partial charge in [0.1, 0.15) is 12.3 Å². The summed E-state index contributed by atoms with van der Waals surface area (Å²) in [6, 6.07) is 20.8. The maximum atomic E-state index is 12.6. The van der Waals surface area contributed by atoms with Gasteiger partial charge in [0.2, 0.25) is 10.7 Å². The van der Waals surface area contributed by atoms with Gasteiger partial charge in [0, 0.05) is 23.6 Å². The minimum atomic E-state index is -0.216. The van der Waals surface area contributed by atoms with Crippen molar-refractivity contribution >= 4 is 23.8 Å². The number of ether oxygens (including phenoxy) is 1. The highest BCUT2D eigenvalue weighted by atomic mass is 32.1. The first kappa shape index (κ1) is 19.7. The van der Waals surface area contributed by atoms with E-state index in [4.69, 9.17) is 17.0 Å². The van der Waals surface area contributed by atoms with Gasteiger partial charge < -0.3 is 10.1 Å². The molecule has 2 aromatic heterocycles. The molecule has 0 saturated carbocycles.